The Hall–Kier alpha value is -7.36. The zero-order valence-corrected chi connectivity index (χ0v) is 30.0. The maximum atomic E-state index is 5.23. The lowest BCUT2D eigenvalue weighted by Gasteiger charge is -2.19. The van der Waals surface area contributed by atoms with Gasteiger partial charge in [0.1, 0.15) is 0 Å². The summed E-state index contributed by atoms with van der Waals surface area (Å²) >= 11 is 0. The molecule has 10 aromatic rings. The summed E-state index contributed by atoms with van der Waals surface area (Å²) in [6, 6.07) is 75.3. The molecule has 0 amide bonds. The number of rotatable bonds is 7. The van der Waals surface area contributed by atoms with E-state index in [1.165, 1.54) is 21.8 Å². The third kappa shape index (κ3) is 5.98. The molecule has 55 heavy (non-hydrogen) atoms. The van der Waals surface area contributed by atoms with Gasteiger partial charge in [0, 0.05) is 33.2 Å². The molecule has 0 aliphatic carbocycles. The van der Waals surface area contributed by atoms with E-state index >= 15 is 0 Å². The summed E-state index contributed by atoms with van der Waals surface area (Å²) in [5, 5.41) is 2.48. The van der Waals surface area contributed by atoms with E-state index in [9.17, 15) is 0 Å². The number of fused-ring (bicyclic) bond motifs is 3. The van der Waals surface area contributed by atoms with Crippen LogP contribution in [0.2, 0.25) is 0 Å². The van der Waals surface area contributed by atoms with Crippen LogP contribution < -0.4 is 0 Å². The van der Waals surface area contributed by atoms with E-state index < -0.39 is 0 Å². The predicted octanol–water partition coefficient (Wildman–Crippen LogP) is 13.6. The zero-order chi connectivity index (χ0) is 36.6. The van der Waals surface area contributed by atoms with Crippen molar-refractivity contribution in [3.05, 3.63) is 212 Å². The molecule has 0 aliphatic heterocycles. The Kier molecular flexibility index (Phi) is 8.16. The molecular weight excluding hydrogens is 667 g/mol. The van der Waals surface area contributed by atoms with E-state index in [1.807, 2.05) is 24.3 Å². The van der Waals surface area contributed by atoms with Gasteiger partial charge in [-0.25, -0.2) is 9.97 Å². The van der Waals surface area contributed by atoms with Gasteiger partial charge in [-0.15, -0.1) is 0 Å². The summed E-state index contributed by atoms with van der Waals surface area (Å²) in [4.78, 5) is 10.3. The average molecular weight is 702 g/mol. The van der Waals surface area contributed by atoms with Crippen LogP contribution in [0.5, 0.6) is 0 Å². The van der Waals surface area contributed by atoms with Gasteiger partial charge in [0.15, 0.2) is 5.82 Å². The van der Waals surface area contributed by atoms with Crippen molar-refractivity contribution in [1.29, 1.82) is 0 Å². The number of aromatic nitrogens is 3. The molecule has 0 aliphatic rings. The van der Waals surface area contributed by atoms with Crippen molar-refractivity contribution in [3.63, 3.8) is 0 Å². The van der Waals surface area contributed by atoms with Crippen LogP contribution in [0, 0.1) is 0 Å². The van der Waals surface area contributed by atoms with Crippen LogP contribution in [0.4, 0.5) is 0 Å². The van der Waals surface area contributed by atoms with Gasteiger partial charge in [0.05, 0.1) is 22.4 Å². The number of para-hydroxylation sites is 2. The van der Waals surface area contributed by atoms with Gasteiger partial charge >= 0.3 is 0 Å². The SMILES string of the molecule is c1ccc(-c2cc(-c3ccc(-c4ccccc4)c(-c4cc(-n5c6ccccc6c6ccccc65)ccc4-c4ccccc4)c3)nc(-c3ccccc3)n2)cc1. The Bertz CT molecular complexity index is 2840. The van der Waals surface area contributed by atoms with Gasteiger partial charge in [-0.05, 0) is 69.8 Å². The number of benzene rings is 8. The largest absolute Gasteiger partial charge is 0.309 e. The van der Waals surface area contributed by atoms with Gasteiger partial charge in [-0.3, -0.25) is 0 Å². The smallest absolute Gasteiger partial charge is 0.160 e. The molecule has 0 saturated carbocycles. The van der Waals surface area contributed by atoms with Crippen molar-refractivity contribution in [3.8, 4) is 73.0 Å². The fourth-order valence-electron chi connectivity index (χ4n) is 7.83. The maximum Gasteiger partial charge on any atom is 0.160 e. The van der Waals surface area contributed by atoms with Gasteiger partial charge < -0.3 is 4.57 Å². The van der Waals surface area contributed by atoms with Crippen LogP contribution in [0.3, 0.4) is 0 Å². The van der Waals surface area contributed by atoms with Crippen LogP contribution in [-0.2, 0) is 0 Å². The van der Waals surface area contributed by atoms with Gasteiger partial charge in [0.2, 0.25) is 0 Å². The van der Waals surface area contributed by atoms with Crippen molar-refractivity contribution >= 4 is 21.8 Å². The van der Waals surface area contributed by atoms with E-state index in [0.29, 0.717) is 5.82 Å². The minimum Gasteiger partial charge on any atom is -0.309 e. The fraction of sp³-hybridized carbons (Fsp3) is 0. The number of nitrogens with zero attached hydrogens (tertiary/aromatic N) is 3. The van der Waals surface area contributed by atoms with Crippen LogP contribution in [-0.4, -0.2) is 14.5 Å². The minimum atomic E-state index is 0.698. The highest BCUT2D eigenvalue weighted by molar-refractivity contribution is 6.09. The van der Waals surface area contributed by atoms with Gasteiger partial charge in [-0.2, -0.15) is 0 Å². The van der Waals surface area contributed by atoms with Crippen LogP contribution in [0.15, 0.2) is 212 Å². The Morgan fingerprint density at radius 1 is 0.291 bits per heavy atom. The van der Waals surface area contributed by atoms with Gasteiger partial charge in [-0.1, -0.05) is 176 Å². The Balaban J connectivity index is 1.25. The first-order valence-corrected chi connectivity index (χ1v) is 18.7. The molecule has 0 spiro atoms. The lowest BCUT2D eigenvalue weighted by Crippen LogP contribution is -1.98. The van der Waals surface area contributed by atoms with E-state index in [1.54, 1.807) is 0 Å². The lowest BCUT2D eigenvalue weighted by atomic mass is 9.87. The molecule has 0 fully saturated rings. The molecule has 2 aromatic heterocycles. The van der Waals surface area contributed by atoms with Crippen LogP contribution >= 0.6 is 0 Å². The molecule has 0 radical (unpaired) electrons. The normalized spacial score (nSPS) is 11.3. The van der Waals surface area contributed by atoms with Crippen LogP contribution in [0.25, 0.3) is 94.8 Å². The summed E-state index contributed by atoms with van der Waals surface area (Å²) in [6.45, 7) is 0. The minimum absolute atomic E-state index is 0.698. The monoisotopic (exact) mass is 701 g/mol. The highest BCUT2D eigenvalue weighted by Gasteiger charge is 2.19. The van der Waals surface area contributed by atoms with Gasteiger partial charge in [0.25, 0.3) is 0 Å². The molecule has 0 atom stereocenters. The van der Waals surface area contributed by atoms with Crippen molar-refractivity contribution in [2.45, 2.75) is 0 Å². The fourth-order valence-corrected chi connectivity index (χ4v) is 7.83. The molecule has 3 heteroatoms. The number of hydrogen-bond acceptors (Lipinski definition) is 2. The molecule has 0 saturated heterocycles. The van der Waals surface area contributed by atoms with E-state index in [4.69, 9.17) is 9.97 Å². The summed E-state index contributed by atoms with van der Waals surface area (Å²) in [6.07, 6.45) is 0. The van der Waals surface area contributed by atoms with Crippen molar-refractivity contribution in [2.24, 2.45) is 0 Å². The molecule has 2 heterocycles. The molecule has 258 valence electrons. The molecule has 3 nitrogen and oxygen atoms in total. The van der Waals surface area contributed by atoms with Crippen LogP contribution in [0.1, 0.15) is 0 Å². The summed E-state index contributed by atoms with van der Waals surface area (Å²) in [5.41, 5.74) is 15.2. The first kappa shape index (κ1) is 32.3. The quantitative estimate of drug-likeness (QED) is 0.166. The molecule has 10 rings (SSSR count). The molecule has 0 unspecified atom stereocenters. The molecule has 8 aromatic carbocycles. The summed E-state index contributed by atoms with van der Waals surface area (Å²) in [7, 11) is 0. The average Bonchev–Trinajstić information content (AvgIpc) is 3.61. The maximum absolute atomic E-state index is 5.23. The Labute approximate surface area is 320 Å². The topological polar surface area (TPSA) is 30.7 Å². The third-order valence-corrected chi connectivity index (χ3v) is 10.4. The summed E-state index contributed by atoms with van der Waals surface area (Å²) < 4.78 is 2.40. The standard InChI is InChI=1S/C52H35N3/c1-5-17-36(18-6-1)42-31-29-40(49-35-48(38-21-9-3-10-22-38)53-52(54-49)39-23-11-4-12-24-39)33-46(42)47-34-41(30-32-43(47)37-19-7-2-8-20-37)55-50-27-15-13-25-44(50)45-26-14-16-28-51(45)55/h1-35H. The van der Waals surface area contributed by atoms with Crippen molar-refractivity contribution < 1.29 is 0 Å². The first-order valence-electron chi connectivity index (χ1n) is 18.7. The van der Waals surface area contributed by atoms with Crippen molar-refractivity contribution in [2.75, 3.05) is 0 Å². The molecule has 0 N–H and O–H groups in total. The highest BCUT2D eigenvalue weighted by atomic mass is 15.0. The first-order chi connectivity index (χ1) is 27.3. The summed E-state index contributed by atoms with van der Waals surface area (Å²) in [5.74, 6) is 0.698. The number of hydrogen-bond donors (Lipinski definition) is 0. The zero-order valence-electron chi connectivity index (χ0n) is 30.0. The van der Waals surface area contributed by atoms with E-state index in [2.05, 4.69) is 193 Å². The predicted molar refractivity (Wildman–Crippen MR) is 229 cm³/mol. The Morgan fingerprint density at radius 3 is 1.29 bits per heavy atom. The second-order valence-electron chi connectivity index (χ2n) is 13.8. The molecular formula is C52H35N3. The second kappa shape index (κ2) is 13.9. The van der Waals surface area contributed by atoms with E-state index in [-0.39, 0.29) is 0 Å². The lowest BCUT2D eigenvalue weighted by molar-refractivity contribution is 1.18. The Morgan fingerprint density at radius 2 is 0.727 bits per heavy atom. The third-order valence-electron chi connectivity index (χ3n) is 10.4. The van der Waals surface area contributed by atoms with Crippen molar-refractivity contribution in [1.82, 2.24) is 14.5 Å². The second-order valence-corrected chi connectivity index (χ2v) is 13.8. The molecule has 0 bridgehead atoms. The highest BCUT2D eigenvalue weighted by Crippen LogP contribution is 2.43. The van der Waals surface area contributed by atoms with E-state index in [0.717, 1.165) is 67.1 Å².